The molecule has 4 nitrogen and oxygen atoms in total. The molecule has 1 saturated carbocycles. The van der Waals surface area contributed by atoms with Gasteiger partial charge in [0.05, 0.1) is 6.10 Å². The third-order valence-electron chi connectivity index (χ3n) is 3.78. The predicted octanol–water partition coefficient (Wildman–Crippen LogP) is 1.52. The van der Waals surface area contributed by atoms with Crippen molar-refractivity contribution in [1.29, 1.82) is 0 Å². The Labute approximate surface area is 104 Å². The third-order valence-corrected chi connectivity index (χ3v) is 3.78. The van der Waals surface area contributed by atoms with E-state index >= 15 is 0 Å². The lowest BCUT2D eigenvalue weighted by Crippen LogP contribution is -2.42. The highest BCUT2D eigenvalue weighted by molar-refractivity contribution is 5.79. The van der Waals surface area contributed by atoms with E-state index in [4.69, 9.17) is 4.74 Å². The van der Waals surface area contributed by atoms with E-state index in [2.05, 4.69) is 15.6 Å². The Balaban J connectivity index is 1.62. The summed E-state index contributed by atoms with van der Waals surface area (Å²) in [5.41, 5.74) is 0. The van der Waals surface area contributed by atoms with Crippen LogP contribution in [0.25, 0.3) is 0 Å². The van der Waals surface area contributed by atoms with Crippen LogP contribution in [0, 0.1) is 5.92 Å². The molecule has 1 heterocycles. The van der Waals surface area contributed by atoms with Gasteiger partial charge in [-0.25, -0.2) is 0 Å². The predicted molar refractivity (Wildman–Crippen MR) is 70.3 cm³/mol. The minimum Gasteiger partial charge on any atom is -0.376 e. The summed E-state index contributed by atoms with van der Waals surface area (Å²) in [6.07, 6.45) is 8.28. The number of hydrogen-bond donors (Lipinski definition) is 2. The molecule has 1 saturated heterocycles. The van der Waals surface area contributed by atoms with Crippen LogP contribution in [0.3, 0.4) is 0 Å². The number of nitrogens with zero attached hydrogens (tertiary/aromatic N) is 1. The van der Waals surface area contributed by atoms with Gasteiger partial charge in [0.2, 0.25) is 0 Å². The summed E-state index contributed by atoms with van der Waals surface area (Å²) in [5.74, 6) is 1.77. The molecule has 0 aromatic heterocycles. The SMILES string of the molecule is CN=C(NCC1CCCC1)NCC1CCCO1. The van der Waals surface area contributed by atoms with Gasteiger partial charge >= 0.3 is 0 Å². The van der Waals surface area contributed by atoms with Crippen LogP contribution in [-0.2, 0) is 4.74 Å². The molecule has 2 N–H and O–H groups in total. The van der Waals surface area contributed by atoms with Crippen LogP contribution in [0.1, 0.15) is 38.5 Å². The Morgan fingerprint density at radius 1 is 1.12 bits per heavy atom. The number of nitrogens with one attached hydrogen (secondary N) is 2. The maximum Gasteiger partial charge on any atom is 0.191 e. The molecule has 17 heavy (non-hydrogen) atoms. The first-order valence-electron chi connectivity index (χ1n) is 6.94. The molecule has 1 aliphatic heterocycles. The summed E-state index contributed by atoms with van der Waals surface area (Å²) >= 11 is 0. The number of hydrogen-bond acceptors (Lipinski definition) is 2. The van der Waals surface area contributed by atoms with E-state index in [9.17, 15) is 0 Å². The molecule has 2 fully saturated rings. The molecule has 2 rings (SSSR count). The van der Waals surface area contributed by atoms with Crippen LogP contribution in [0.15, 0.2) is 4.99 Å². The monoisotopic (exact) mass is 239 g/mol. The smallest absolute Gasteiger partial charge is 0.191 e. The fourth-order valence-corrected chi connectivity index (χ4v) is 2.69. The van der Waals surface area contributed by atoms with Crippen LogP contribution >= 0.6 is 0 Å². The molecule has 0 amide bonds. The molecule has 0 bridgehead atoms. The Hall–Kier alpha value is -0.770. The summed E-state index contributed by atoms with van der Waals surface area (Å²) in [5, 5.41) is 6.77. The number of aliphatic imine (C=N–C) groups is 1. The molecule has 1 atom stereocenters. The molecule has 2 aliphatic rings. The number of guanidine groups is 1. The standard InChI is InChI=1S/C13H25N3O/c1-14-13(15-9-11-5-2-3-6-11)16-10-12-7-4-8-17-12/h11-12H,2-10H2,1H3,(H2,14,15,16). The van der Waals surface area contributed by atoms with Crippen LogP contribution in [0.5, 0.6) is 0 Å². The van der Waals surface area contributed by atoms with E-state index in [1.54, 1.807) is 0 Å². The fraction of sp³-hybridized carbons (Fsp3) is 0.923. The topological polar surface area (TPSA) is 45.7 Å². The van der Waals surface area contributed by atoms with Gasteiger partial charge in [-0.1, -0.05) is 12.8 Å². The first kappa shape index (κ1) is 12.7. The van der Waals surface area contributed by atoms with Crippen LogP contribution in [0.4, 0.5) is 0 Å². The normalized spacial score (nSPS) is 26.4. The van der Waals surface area contributed by atoms with E-state index in [0.29, 0.717) is 6.10 Å². The lowest BCUT2D eigenvalue weighted by molar-refractivity contribution is 0.114. The molecule has 0 aromatic rings. The summed E-state index contributed by atoms with van der Waals surface area (Å²) in [7, 11) is 1.83. The second kappa shape index (κ2) is 6.84. The van der Waals surface area contributed by atoms with E-state index in [1.807, 2.05) is 7.05 Å². The Morgan fingerprint density at radius 3 is 2.53 bits per heavy atom. The highest BCUT2D eigenvalue weighted by Gasteiger charge is 2.17. The molecular weight excluding hydrogens is 214 g/mol. The lowest BCUT2D eigenvalue weighted by atomic mass is 10.1. The van der Waals surface area contributed by atoms with E-state index in [0.717, 1.165) is 31.6 Å². The van der Waals surface area contributed by atoms with Gasteiger partial charge in [0.25, 0.3) is 0 Å². The van der Waals surface area contributed by atoms with Gasteiger partial charge in [-0.15, -0.1) is 0 Å². The van der Waals surface area contributed by atoms with Crippen molar-refractivity contribution in [3.8, 4) is 0 Å². The lowest BCUT2D eigenvalue weighted by Gasteiger charge is -2.17. The van der Waals surface area contributed by atoms with Gasteiger partial charge in [0.1, 0.15) is 0 Å². The summed E-state index contributed by atoms with van der Waals surface area (Å²) < 4.78 is 5.58. The maximum atomic E-state index is 5.58. The zero-order chi connectivity index (χ0) is 11.9. The second-order valence-corrected chi connectivity index (χ2v) is 5.12. The first-order chi connectivity index (χ1) is 8.38. The van der Waals surface area contributed by atoms with Crippen molar-refractivity contribution in [2.75, 3.05) is 26.7 Å². The van der Waals surface area contributed by atoms with Gasteiger partial charge < -0.3 is 15.4 Å². The van der Waals surface area contributed by atoms with Crippen molar-refractivity contribution in [1.82, 2.24) is 10.6 Å². The average Bonchev–Trinajstić information content (AvgIpc) is 3.02. The average molecular weight is 239 g/mol. The summed E-state index contributed by atoms with van der Waals surface area (Å²) in [6.45, 7) is 2.86. The van der Waals surface area contributed by atoms with Crippen molar-refractivity contribution in [3.05, 3.63) is 0 Å². The van der Waals surface area contributed by atoms with E-state index in [1.165, 1.54) is 38.5 Å². The Kier molecular flexibility index (Phi) is 5.10. The largest absolute Gasteiger partial charge is 0.376 e. The summed E-state index contributed by atoms with van der Waals surface area (Å²) in [4.78, 5) is 4.25. The van der Waals surface area contributed by atoms with E-state index < -0.39 is 0 Å². The number of ether oxygens (including phenoxy) is 1. The molecule has 1 unspecified atom stereocenters. The van der Waals surface area contributed by atoms with Gasteiger partial charge in [0, 0.05) is 26.7 Å². The van der Waals surface area contributed by atoms with Gasteiger partial charge in [-0.3, -0.25) is 4.99 Å². The molecule has 98 valence electrons. The first-order valence-corrected chi connectivity index (χ1v) is 6.94. The molecule has 1 aliphatic carbocycles. The zero-order valence-corrected chi connectivity index (χ0v) is 10.9. The third kappa shape index (κ3) is 4.19. The van der Waals surface area contributed by atoms with Gasteiger partial charge in [0.15, 0.2) is 5.96 Å². The van der Waals surface area contributed by atoms with Crippen molar-refractivity contribution < 1.29 is 4.74 Å². The minimum atomic E-state index is 0.375. The Morgan fingerprint density at radius 2 is 1.88 bits per heavy atom. The van der Waals surface area contributed by atoms with Crippen molar-refractivity contribution in [2.24, 2.45) is 10.9 Å². The summed E-state index contributed by atoms with van der Waals surface area (Å²) in [6, 6.07) is 0. The zero-order valence-electron chi connectivity index (χ0n) is 10.9. The molecule has 0 spiro atoms. The number of rotatable bonds is 4. The molecule has 4 heteroatoms. The Bertz CT molecular complexity index is 221. The quantitative estimate of drug-likeness (QED) is 0.577. The van der Waals surface area contributed by atoms with E-state index in [-0.39, 0.29) is 0 Å². The fourth-order valence-electron chi connectivity index (χ4n) is 2.69. The van der Waals surface area contributed by atoms with Crippen LogP contribution in [-0.4, -0.2) is 38.8 Å². The van der Waals surface area contributed by atoms with Gasteiger partial charge in [-0.2, -0.15) is 0 Å². The molecule has 0 radical (unpaired) electrons. The minimum absolute atomic E-state index is 0.375. The van der Waals surface area contributed by atoms with Crippen molar-refractivity contribution >= 4 is 5.96 Å². The van der Waals surface area contributed by atoms with Crippen molar-refractivity contribution in [2.45, 2.75) is 44.6 Å². The van der Waals surface area contributed by atoms with Crippen LogP contribution < -0.4 is 10.6 Å². The van der Waals surface area contributed by atoms with Crippen LogP contribution in [0.2, 0.25) is 0 Å². The highest BCUT2D eigenvalue weighted by atomic mass is 16.5. The highest BCUT2D eigenvalue weighted by Crippen LogP contribution is 2.23. The molecule has 0 aromatic carbocycles. The molecular formula is C13H25N3O. The maximum absolute atomic E-state index is 5.58. The van der Waals surface area contributed by atoms with Gasteiger partial charge in [-0.05, 0) is 31.6 Å². The second-order valence-electron chi connectivity index (χ2n) is 5.12. The van der Waals surface area contributed by atoms with Crippen molar-refractivity contribution in [3.63, 3.8) is 0 Å².